The minimum atomic E-state index is 0.0306. The van der Waals surface area contributed by atoms with Crippen LogP contribution in [0, 0.1) is 4.77 Å². The van der Waals surface area contributed by atoms with Crippen LogP contribution in [0.4, 0.5) is 0 Å². The van der Waals surface area contributed by atoms with Crippen LogP contribution in [0.5, 0.6) is 0 Å². The molecule has 0 radical (unpaired) electrons. The van der Waals surface area contributed by atoms with Gasteiger partial charge in [0.05, 0.1) is 5.56 Å². The molecule has 1 saturated carbocycles. The fourth-order valence-corrected chi connectivity index (χ4v) is 3.23. The van der Waals surface area contributed by atoms with Gasteiger partial charge in [-0.25, -0.2) is 0 Å². The van der Waals surface area contributed by atoms with Crippen molar-refractivity contribution in [1.29, 1.82) is 0 Å². The van der Waals surface area contributed by atoms with Crippen LogP contribution < -0.4 is 5.56 Å². The van der Waals surface area contributed by atoms with Gasteiger partial charge in [0.15, 0.2) is 10.6 Å². The number of hydrogen-bond donors (Lipinski definition) is 1. The van der Waals surface area contributed by atoms with Gasteiger partial charge in [-0.3, -0.25) is 9.89 Å². The van der Waals surface area contributed by atoms with Crippen molar-refractivity contribution < 1.29 is 0 Å². The molecule has 2 aromatic heterocycles. The highest BCUT2D eigenvalue weighted by Crippen LogP contribution is 2.28. The maximum atomic E-state index is 12.7. The quantitative estimate of drug-likeness (QED) is 0.884. The minimum Gasteiger partial charge on any atom is -0.312 e. The zero-order valence-electron chi connectivity index (χ0n) is 11.5. The van der Waals surface area contributed by atoms with E-state index in [0.29, 0.717) is 28.7 Å². The Balaban J connectivity index is 2.12. The lowest BCUT2D eigenvalue weighted by Gasteiger charge is -2.14. The van der Waals surface area contributed by atoms with Gasteiger partial charge in [0, 0.05) is 18.8 Å². The van der Waals surface area contributed by atoms with E-state index in [4.69, 9.17) is 12.2 Å². The minimum absolute atomic E-state index is 0.0306. The van der Waals surface area contributed by atoms with E-state index in [1.807, 2.05) is 34.4 Å². The van der Waals surface area contributed by atoms with Gasteiger partial charge >= 0.3 is 0 Å². The number of rotatable bonds is 3. The molecule has 0 bridgehead atoms. The second-order valence-corrected chi connectivity index (χ2v) is 5.56. The predicted octanol–water partition coefficient (Wildman–Crippen LogP) is 2.90. The Kier molecular flexibility index (Phi) is 3.56. The molecule has 5 nitrogen and oxygen atoms in total. The van der Waals surface area contributed by atoms with Gasteiger partial charge in [-0.05, 0) is 44.1 Å². The van der Waals surface area contributed by atoms with Crippen LogP contribution in [0.1, 0.15) is 38.6 Å². The van der Waals surface area contributed by atoms with Gasteiger partial charge in [-0.2, -0.15) is 5.10 Å². The number of H-pyrrole nitrogens is 1. The van der Waals surface area contributed by atoms with E-state index in [0.717, 1.165) is 12.8 Å². The first-order chi connectivity index (χ1) is 9.72. The molecule has 0 atom stereocenters. The van der Waals surface area contributed by atoms with Crippen LogP contribution in [0.3, 0.4) is 0 Å². The van der Waals surface area contributed by atoms with Crippen LogP contribution >= 0.6 is 12.2 Å². The average molecular weight is 290 g/mol. The predicted molar refractivity (Wildman–Crippen MR) is 80.3 cm³/mol. The van der Waals surface area contributed by atoms with Crippen molar-refractivity contribution in [1.82, 2.24) is 19.3 Å². The van der Waals surface area contributed by atoms with Gasteiger partial charge in [0.1, 0.15) is 0 Å². The number of hydrogen-bond acceptors (Lipinski definition) is 3. The van der Waals surface area contributed by atoms with E-state index < -0.39 is 0 Å². The van der Waals surface area contributed by atoms with Crippen molar-refractivity contribution in [3.8, 4) is 11.4 Å². The summed E-state index contributed by atoms with van der Waals surface area (Å²) in [5.74, 6) is 0.634. The molecule has 3 rings (SSSR count). The maximum Gasteiger partial charge on any atom is 0.261 e. The van der Waals surface area contributed by atoms with Crippen LogP contribution in [0.15, 0.2) is 23.1 Å². The van der Waals surface area contributed by atoms with Crippen LogP contribution in [0.2, 0.25) is 0 Å². The largest absolute Gasteiger partial charge is 0.312 e. The Morgan fingerprint density at radius 1 is 1.45 bits per heavy atom. The number of aromatic nitrogens is 4. The zero-order chi connectivity index (χ0) is 14.1. The summed E-state index contributed by atoms with van der Waals surface area (Å²) in [7, 11) is 0. The Bertz CT molecular complexity index is 721. The third-order valence-corrected chi connectivity index (χ3v) is 4.32. The molecular formula is C14H18N4OS. The summed E-state index contributed by atoms with van der Waals surface area (Å²) in [5.41, 5.74) is 0.650. The van der Waals surface area contributed by atoms with Crippen LogP contribution in [-0.2, 0) is 6.54 Å². The molecule has 0 unspecified atom stereocenters. The van der Waals surface area contributed by atoms with Gasteiger partial charge < -0.3 is 9.13 Å². The van der Waals surface area contributed by atoms with Crippen molar-refractivity contribution in [2.45, 2.75) is 45.2 Å². The Labute approximate surface area is 122 Å². The lowest BCUT2D eigenvalue weighted by molar-refractivity contribution is 0.503. The van der Waals surface area contributed by atoms with Crippen molar-refractivity contribution >= 4 is 12.2 Å². The Morgan fingerprint density at radius 3 is 2.90 bits per heavy atom. The monoisotopic (exact) mass is 290 g/mol. The molecule has 6 heteroatoms. The van der Waals surface area contributed by atoms with E-state index >= 15 is 0 Å². The molecule has 0 aliphatic heterocycles. The van der Waals surface area contributed by atoms with Gasteiger partial charge in [-0.1, -0.05) is 12.8 Å². The number of aromatic amines is 1. The zero-order valence-corrected chi connectivity index (χ0v) is 12.3. The SMILES string of the molecule is CCn1c(-c2cccn(C3CCCC3)c2=O)n[nH]c1=S. The summed E-state index contributed by atoms with van der Waals surface area (Å²) in [6, 6.07) is 4.08. The average Bonchev–Trinajstić information content (AvgIpc) is 3.08. The van der Waals surface area contributed by atoms with E-state index in [-0.39, 0.29) is 5.56 Å². The molecule has 20 heavy (non-hydrogen) atoms. The fourth-order valence-electron chi connectivity index (χ4n) is 2.97. The lowest BCUT2D eigenvalue weighted by Crippen LogP contribution is -2.24. The molecule has 106 valence electrons. The van der Waals surface area contributed by atoms with Gasteiger partial charge in [0.25, 0.3) is 5.56 Å². The highest BCUT2D eigenvalue weighted by molar-refractivity contribution is 7.71. The second-order valence-electron chi connectivity index (χ2n) is 5.17. The number of nitrogens with zero attached hydrogens (tertiary/aromatic N) is 3. The standard InChI is InChI=1S/C14H18N4OS/c1-2-17-12(15-16-14(17)20)11-8-5-9-18(13(11)19)10-6-3-4-7-10/h5,8-10H,2-4,6-7H2,1H3,(H,16,20). The molecule has 0 aromatic carbocycles. The summed E-state index contributed by atoms with van der Waals surface area (Å²) >= 11 is 5.19. The second kappa shape index (κ2) is 5.36. The molecule has 1 fully saturated rings. The smallest absolute Gasteiger partial charge is 0.261 e. The van der Waals surface area contributed by atoms with E-state index in [1.54, 1.807) is 0 Å². The summed E-state index contributed by atoms with van der Waals surface area (Å²) < 4.78 is 4.27. The number of pyridine rings is 1. The summed E-state index contributed by atoms with van der Waals surface area (Å²) in [4.78, 5) is 12.7. The summed E-state index contributed by atoms with van der Waals surface area (Å²) in [6.07, 6.45) is 6.47. The first kappa shape index (κ1) is 13.3. The highest BCUT2D eigenvalue weighted by atomic mass is 32.1. The molecule has 1 N–H and O–H groups in total. The topological polar surface area (TPSA) is 55.6 Å². The van der Waals surface area contributed by atoms with E-state index in [9.17, 15) is 4.79 Å². The van der Waals surface area contributed by atoms with Crippen molar-refractivity contribution in [3.63, 3.8) is 0 Å². The van der Waals surface area contributed by atoms with Crippen LogP contribution in [0.25, 0.3) is 11.4 Å². The van der Waals surface area contributed by atoms with Gasteiger partial charge in [-0.15, -0.1) is 0 Å². The molecule has 0 saturated heterocycles. The Morgan fingerprint density at radius 2 is 2.20 bits per heavy atom. The number of nitrogens with one attached hydrogen (secondary N) is 1. The third-order valence-electron chi connectivity index (χ3n) is 4.01. The fraction of sp³-hybridized carbons (Fsp3) is 0.500. The Hall–Kier alpha value is -1.69. The first-order valence-electron chi connectivity index (χ1n) is 7.09. The van der Waals surface area contributed by atoms with Crippen molar-refractivity contribution in [2.24, 2.45) is 0 Å². The van der Waals surface area contributed by atoms with Crippen molar-refractivity contribution in [3.05, 3.63) is 33.5 Å². The molecule has 1 aliphatic carbocycles. The van der Waals surface area contributed by atoms with E-state index in [1.165, 1.54) is 12.8 Å². The molecule has 0 spiro atoms. The van der Waals surface area contributed by atoms with Crippen LogP contribution in [-0.4, -0.2) is 19.3 Å². The summed E-state index contributed by atoms with van der Waals surface area (Å²) in [6.45, 7) is 2.69. The molecule has 2 aromatic rings. The third kappa shape index (κ3) is 2.14. The first-order valence-corrected chi connectivity index (χ1v) is 7.50. The maximum absolute atomic E-state index is 12.7. The van der Waals surface area contributed by atoms with Gasteiger partial charge in [0.2, 0.25) is 0 Å². The van der Waals surface area contributed by atoms with Crippen molar-refractivity contribution in [2.75, 3.05) is 0 Å². The molecule has 2 heterocycles. The lowest BCUT2D eigenvalue weighted by atomic mass is 10.2. The summed E-state index contributed by atoms with van der Waals surface area (Å²) in [5, 5.41) is 6.99. The molecule has 0 amide bonds. The van der Waals surface area contributed by atoms with E-state index in [2.05, 4.69) is 10.2 Å². The normalized spacial score (nSPS) is 15.8. The highest BCUT2D eigenvalue weighted by Gasteiger charge is 2.20. The molecule has 1 aliphatic rings. The molecular weight excluding hydrogens is 272 g/mol.